The zero-order valence-corrected chi connectivity index (χ0v) is 15.5. The summed E-state index contributed by atoms with van der Waals surface area (Å²) in [6, 6.07) is 14.3. The maximum Gasteiger partial charge on any atom is 0.229 e. The van der Waals surface area contributed by atoms with Crippen molar-refractivity contribution in [3.8, 4) is 5.75 Å². The fourth-order valence-corrected chi connectivity index (χ4v) is 3.01. The van der Waals surface area contributed by atoms with Gasteiger partial charge in [0.1, 0.15) is 5.75 Å². The molecule has 0 aromatic heterocycles. The summed E-state index contributed by atoms with van der Waals surface area (Å²) in [7, 11) is 0. The van der Waals surface area contributed by atoms with Gasteiger partial charge in [-0.25, -0.2) is 0 Å². The Balaban J connectivity index is 1.64. The van der Waals surface area contributed by atoms with E-state index in [1.165, 1.54) is 0 Å². The average Bonchev–Trinajstić information content (AvgIpc) is 2.99. The molecule has 6 heteroatoms. The number of carbonyl (C=O) groups is 2. The summed E-state index contributed by atoms with van der Waals surface area (Å²) in [5, 5.41) is 3.44. The lowest BCUT2D eigenvalue weighted by Gasteiger charge is -2.18. The van der Waals surface area contributed by atoms with Crippen LogP contribution < -0.4 is 15.0 Å². The van der Waals surface area contributed by atoms with Gasteiger partial charge in [-0.1, -0.05) is 11.6 Å². The van der Waals surface area contributed by atoms with E-state index in [0.717, 1.165) is 11.4 Å². The van der Waals surface area contributed by atoms with Gasteiger partial charge in [-0.2, -0.15) is 0 Å². The van der Waals surface area contributed by atoms with Crippen LogP contribution in [0.1, 0.15) is 20.3 Å². The number of rotatable bonds is 5. The first-order valence-corrected chi connectivity index (χ1v) is 8.93. The molecular weight excluding hydrogens is 352 g/mol. The molecule has 5 nitrogen and oxygen atoms in total. The molecule has 1 atom stereocenters. The highest BCUT2D eigenvalue weighted by Crippen LogP contribution is 2.28. The second kappa shape index (κ2) is 7.79. The van der Waals surface area contributed by atoms with E-state index >= 15 is 0 Å². The predicted octanol–water partition coefficient (Wildman–Crippen LogP) is 4.12. The van der Waals surface area contributed by atoms with Crippen molar-refractivity contribution in [3.05, 3.63) is 53.6 Å². The summed E-state index contributed by atoms with van der Waals surface area (Å²) >= 11 is 5.85. The molecule has 1 aliphatic rings. The summed E-state index contributed by atoms with van der Waals surface area (Å²) in [4.78, 5) is 26.4. The number of benzene rings is 2. The molecule has 1 heterocycles. The maximum atomic E-state index is 12.5. The smallest absolute Gasteiger partial charge is 0.229 e. The van der Waals surface area contributed by atoms with Gasteiger partial charge in [-0.05, 0) is 62.4 Å². The van der Waals surface area contributed by atoms with E-state index in [4.69, 9.17) is 16.3 Å². The van der Waals surface area contributed by atoms with Gasteiger partial charge < -0.3 is 15.0 Å². The van der Waals surface area contributed by atoms with Gasteiger partial charge in [-0.3, -0.25) is 9.59 Å². The summed E-state index contributed by atoms with van der Waals surface area (Å²) in [6.45, 7) is 4.28. The Bertz CT molecular complexity index is 788. The highest BCUT2D eigenvalue weighted by molar-refractivity contribution is 6.30. The minimum Gasteiger partial charge on any atom is -0.491 e. The summed E-state index contributed by atoms with van der Waals surface area (Å²) in [6.07, 6.45) is 0.291. The van der Waals surface area contributed by atoms with Crippen molar-refractivity contribution in [1.82, 2.24) is 0 Å². The fraction of sp³-hybridized carbons (Fsp3) is 0.300. The van der Waals surface area contributed by atoms with Crippen LogP contribution >= 0.6 is 11.6 Å². The number of amides is 2. The molecule has 0 saturated carbocycles. The third-order valence-corrected chi connectivity index (χ3v) is 4.38. The monoisotopic (exact) mass is 372 g/mol. The zero-order chi connectivity index (χ0) is 18.7. The van der Waals surface area contributed by atoms with Gasteiger partial charge in [0.25, 0.3) is 0 Å². The molecule has 0 spiro atoms. The Hall–Kier alpha value is -2.53. The normalized spacial score (nSPS) is 16.8. The van der Waals surface area contributed by atoms with Gasteiger partial charge in [0.15, 0.2) is 0 Å². The Labute approximate surface area is 157 Å². The summed E-state index contributed by atoms with van der Waals surface area (Å²) in [5.74, 6) is 0.152. The van der Waals surface area contributed by atoms with Crippen molar-refractivity contribution >= 4 is 34.8 Å². The SMILES string of the molecule is CC(C)Oc1ccc(N2C[C@@H](C(=O)Nc3ccc(Cl)cc3)CC2=O)cc1. The van der Waals surface area contributed by atoms with Gasteiger partial charge in [0, 0.05) is 29.4 Å². The lowest BCUT2D eigenvalue weighted by Crippen LogP contribution is -2.28. The topological polar surface area (TPSA) is 58.6 Å². The second-order valence-corrected chi connectivity index (χ2v) is 7.00. The van der Waals surface area contributed by atoms with Crippen molar-refractivity contribution in [2.45, 2.75) is 26.4 Å². The van der Waals surface area contributed by atoms with Crippen LogP contribution in [0, 0.1) is 5.92 Å². The molecule has 1 aliphatic heterocycles. The fourth-order valence-electron chi connectivity index (χ4n) is 2.89. The molecule has 0 aliphatic carbocycles. The standard InChI is InChI=1S/C20H21ClN2O3/c1-13(2)26-18-9-7-17(8-10-18)23-12-14(11-19(23)24)20(25)22-16-5-3-15(21)4-6-16/h3-10,13-14H,11-12H2,1-2H3,(H,22,25)/t14-/m0/s1. The zero-order valence-electron chi connectivity index (χ0n) is 14.7. The first kappa shape index (κ1) is 18.3. The van der Waals surface area contributed by atoms with E-state index in [-0.39, 0.29) is 30.3 Å². The second-order valence-electron chi connectivity index (χ2n) is 6.56. The van der Waals surface area contributed by atoms with Crippen LogP contribution in [0.3, 0.4) is 0 Å². The van der Waals surface area contributed by atoms with E-state index in [2.05, 4.69) is 5.32 Å². The summed E-state index contributed by atoms with van der Waals surface area (Å²) < 4.78 is 5.62. The number of hydrogen-bond donors (Lipinski definition) is 1. The van der Waals surface area contributed by atoms with Crippen molar-refractivity contribution in [2.75, 3.05) is 16.8 Å². The number of carbonyl (C=O) groups excluding carboxylic acids is 2. The highest BCUT2D eigenvalue weighted by Gasteiger charge is 2.35. The Morgan fingerprint density at radius 2 is 1.81 bits per heavy atom. The number of hydrogen-bond acceptors (Lipinski definition) is 3. The molecule has 1 saturated heterocycles. The van der Waals surface area contributed by atoms with Crippen LogP contribution in [-0.4, -0.2) is 24.5 Å². The number of halogens is 1. The van der Waals surface area contributed by atoms with Gasteiger partial charge in [0.05, 0.1) is 12.0 Å². The van der Waals surface area contributed by atoms with Gasteiger partial charge in [-0.15, -0.1) is 0 Å². The van der Waals surface area contributed by atoms with Crippen molar-refractivity contribution in [3.63, 3.8) is 0 Å². The number of ether oxygens (including phenoxy) is 1. The third kappa shape index (κ3) is 4.35. The largest absolute Gasteiger partial charge is 0.491 e. The minimum atomic E-state index is -0.384. The molecule has 0 radical (unpaired) electrons. The molecule has 26 heavy (non-hydrogen) atoms. The number of nitrogens with one attached hydrogen (secondary N) is 1. The van der Waals surface area contributed by atoms with Crippen LogP contribution in [-0.2, 0) is 9.59 Å². The quantitative estimate of drug-likeness (QED) is 0.858. The molecule has 0 bridgehead atoms. The average molecular weight is 373 g/mol. The van der Waals surface area contributed by atoms with Gasteiger partial charge in [0.2, 0.25) is 11.8 Å². The number of anilines is 2. The van der Waals surface area contributed by atoms with E-state index < -0.39 is 0 Å². The van der Waals surface area contributed by atoms with Crippen LogP contribution in [0.4, 0.5) is 11.4 Å². The molecule has 136 valence electrons. The van der Waals surface area contributed by atoms with Crippen LogP contribution in [0.5, 0.6) is 5.75 Å². The minimum absolute atomic E-state index is 0.0567. The van der Waals surface area contributed by atoms with Crippen molar-refractivity contribution in [2.24, 2.45) is 5.92 Å². The molecule has 1 fully saturated rings. The van der Waals surface area contributed by atoms with Crippen molar-refractivity contribution in [1.29, 1.82) is 0 Å². The van der Waals surface area contributed by atoms with E-state index in [1.807, 2.05) is 38.1 Å². The van der Waals surface area contributed by atoms with E-state index in [9.17, 15) is 9.59 Å². The summed E-state index contributed by atoms with van der Waals surface area (Å²) in [5.41, 5.74) is 1.44. The lowest BCUT2D eigenvalue weighted by molar-refractivity contribution is -0.122. The van der Waals surface area contributed by atoms with Crippen LogP contribution in [0.25, 0.3) is 0 Å². The Morgan fingerprint density at radius 3 is 2.42 bits per heavy atom. The number of nitrogens with zero attached hydrogens (tertiary/aromatic N) is 1. The molecular formula is C20H21ClN2O3. The third-order valence-electron chi connectivity index (χ3n) is 4.13. The van der Waals surface area contributed by atoms with Crippen LogP contribution in [0.2, 0.25) is 5.02 Å². The predicted molar refractivity (Wildman–Crippen MR) is 103 cm³/mol. The molecule has 3 rings (SSSR count). The Kier molecular flexibility index (Phi) is 5.47. The van der Waals surface area contributed by atoms with E-state index in [1.54, 1.807) is 29.2 Å². The molecule has 2 aromatic carbocycles. The molecule has 2 amide bonds. The first-order valence-electron chi connectivity index (χ1n) is 8.56. The van der Waals surface area contributed by atoms with E-state index in [0.29, 0.717) is 17.3 Å². The van der Waals surface area contributed by atoms with Crippen LogP contribution in [0.15, 0.2) is 48.5 Å². The Morgan fingerprint density at radius 1 is 1.15 bits per heavy atom. The van der Waals surface area contributed by atoms with Gasteiger partial charge >= 0.3 is 0 Å². The molecule has 2 aromatic rings. The maximum absolute atomic E-state index is 12.5. The van der Waals surface area contributed by atoms with Crippen molar-refractivity contribution < 1.29 is 14.3 Å². The first-order chi connectivity index (χ1) is 12.4. The molecule has 1 N–H and O–H groups in total. The highest BCUT2D eigenvalue weighted by atomic mass is 35.5. The molecule has 0 unspecified atom stereocenters. The lowest BCUT2D eigenvalue weighted by atomic mass is 10.1.